The number of fused-ring (bicyclic) bond motifs is 3. The number of hydrogen-bond donors (Lipinski definition) is 0. The van der Waals surface area contributed by atoms with E-state index in [1.54, 1.807) is 18.2 Å². The van der Waals surface area contributed by atoms with E-state index in [1.807, 2.05) is 0 Å². The molecule has 12 heteroatoms. The van der Waals surface area contributed by atoms with Crippen molar-refractivity contribution in [3.63, 3.8) is 0 Å². The van der Waals surface area contributed by atoms with Gasteiger partial charge in [0.2, 0.25) is 0 Å². The highest BCUT2D eigenvalue weighted by molar-refractivity contribution is 6.15. The van der Waals surface area contributed by atoms with E-state index in [-0.39, 0.29) is 33.4 Å². The number of pyridine rings is 1. The van der Waals surface area contributed by atoms with Crippen molar-refractivity contribution in [2.24, 2.45) is 0 Å². The number of methoxy groups -OCH3 is 1. The Kier molecular flexibility index (Phi) is 5.10. The highest BCUT2D eigenvalue weighted by atomic mass is 16.6. The average Bonchev–Trinajstić information content (AvgIpc) is 3.11. The van der Waals surface area contributed by atoms with Crippen molar-refractivity contribution in [2.75, 3.05) is 7.11 Å². The Bertz CT molecular complexity index is 1400. The lowest BCUT2D eigenvalue weighted by Gasteiger charge is -2.08. The summed E-state index contributed by atoms with van der Waals surface area (Å²) in [7, 11) is 1.07. The fourth-order valence-electron chi connectivity index (χ4n) is 3.73. The number of rotatable bonds is 5. The molecule has 3 aromatic rings. The SMILES string of the molecule is COC(=O)c1cc([N+](=O)[O-])cc2c1-c1c(cc([N+](=O)[O-])cc1[N+](=O)[O-])C2=Cc1ccccn1. The van der Waals surface area contributed by atoms with Gasteiger partial charge in [-0.15, -0.1) is 0 Å². The summed E-state index contributed by atoms with van der Waals surface area (Å²) in [6.45, 7) is 0. The minimum atomic E-state index is -0.951. The minimum absolute atomic E-state index is 0.0197. The summed E-state index contributed by atoms with van der Waals surface area (Å²) in [4.78, 5) is 49.3. The molecular weight excluding hydrogens is 436 g/mol. The Morgan fingerprint density at radius 3 is 2.09 bits per heavy atom. The van der Waals surface area contributed by atoms with Crippen LogP contribution < -0.4 is 0 Å². The molecular formula is C21H12N4O8. The minimum Gasteiger partial charge on any atom is -0.465 e. The number of ether oxygens (including phenoxy) is 1. The molecule has 2 aromatic carbocycles. The van der Waals surface area contributed by atoms with Crippen LogP contribution in [0.1, 0.15) is 27.2 Å². The van der Waals surface area contributed by atoms with E-state index >= 15 is 0 Å². The van der Waals surface area contributed by atoms with Crippen LogP contribution in [0.5, 0.6) is 0 Å². The molecule has 1 aliphatic carbocycles. The van der Waals surface area contributed by atoms with E-state index in [4.69, 9.17) is 4.74 Å². The lowest BCUT2D eigenvalue weighted by Crippen LogP contribution is -2.06. The predicted octanol–water partition coefficient (Wildman–Crippen LogP) is 4.16. The third-order valence-electron chi connectivity index (χ3n) is 5.06. The second-order valence-electron chi connectivity index (χ2n) is 6.88. The quantitative estimate of drug-likeness (QED) is 0.247. The van der Waals surface area contributed by atoms with Crippen LogP contribution in [0.2, 0.25) is 0 Å². The number of nitrogens with zero attached hydrogens (tertiary/aromatic N) is 4. The molecule has 0 radical (unpaired) electrons. The van der Waals surface area contributed by atoms with Gasteiger partial charge in [0.1, 0.15) is 0 Å². The lowest BCUT2D eigenvalue weighted by molar-refractivity contribution is -0.393. The number of nitro benzene ring substituents is 3. The van der Waals surface area contributed by atoms with Gasteiger partial charge in [-0.1, -0.05) is 6.07 Å². The van der Waals surface area contributed by atoms with Crippen molar-refractivity contribution in [3.8, 4) is 11.1 Å². The van der Waals surface area contributed by atoms with Crippen molar-refractivity contribution >= 4 is 34.7 Å². The molecule has 12 nitrogen and oxygen atoms in total. The van der Waals surface area contributed by atoms with Crippen LogP contribution in [0, 0.1) is 30.3 Å². The highest BCUT2D eigenvalue weighted by Crippen LogP contribution is 2.53. The molecule has 0 aliphatic heterocycles. The topological polar surface area (TPSA) is 169 Å². The number of aromatic nitrogens is 1. The van der Waals surface area contributed by atoms with Crippen molar-refractivity contribution in [3.05, 3.63) is 101 Å². The molecule has 0 N–H and O–H groups in total. The largest absolute Gasteiger partial charge is 0.465 e. The van der Waals surface area contributed by atoms with Crippen molar-refractivity contribution < 1.29 is 24.3 Å². The maximum absolute atomic E-state index is 12.5. The first-order valence-electron chi connectivity index (χ1n) is 9.24. The van der Waals surface area contributed by atoms with E-state index in [2.05, 4.69) is 4.98 Å². The molecule has 1 heterocycles. The summed E-state index contributed by atoms with van der Waals surface area (Å²) in [5.41, 5.74) is -1.15. The van der Waals surface area contributed by atoms with Crippen LogP contribution in [0.4, 0.5) is 17.1 Å². The number of carbonyl (C=O) groups excluding carboxylic acids is 1. The van der Waals surface area contributed by atoms with Gasteiger partial charge in [-0.3, -0.25) is 35.3 Å². The van der Waals surface area contributed by atoms with Crippen LogP contribution in [0.3, 0.4) is 0 Å². The second-order valence-corrected chi connectivity index (χ2v) is 6.88. The van der Waals surface area contributed by atoms with E-state index in [9.17, 15) is 35.1 Å². The van der Waals surface area contributed by atoms with Gasteiger partial charge in [-0.2, -0.15) is 0 Å². The van der Waals surface area contributed by atoms with E-state index in [0.717, 1.165) is 31.4 Å². The van der Waals surface area contributed by atoms with E-state index in [1.165, 1.54) is 12.3 Å². The first-order valence-corrected chi connectivity index (χ1v) is 9.24. The predicted molar refractivity (Wildman–Crippen MR) is 114 cm³/mol. The standard InChI is InChI=1S/C21H12N4O8/c1-33-21(26)17-9-12(23(27)28)7-15-14(6-11-4-2-3-5-22-11)16-8-13(24(29)30)10-18(25(31)32)20(16)19(15)17/h2-10H,1H3. The number of hydrogen-bond acceptors (Lipinski definition) is 9. The number of nitro groups is 3. The van der Waals surface area contributed by atoms with Gasteiger partial charge in [-0.25, -0.2) is 4.79 Å². The monoisotopic (exact) mass is 448 g/mol. The zero-order chi connectivity index (χ0) is 23.9. The van der Waals surface area contributed by atoms with Gasteiger partial charge < -0.3 is 4.74 Å². The molecule has 0 saturated carbocycles. The molecule has 1 aliphatic rings. The molecule has 0 spiro atoms. The van der Waals surface area contributed by atoms with Crippen LogP contribution >= 0.6 is 0 Å². The first-order chi connectivity index (χ1) is 15.7. The van der Waals surface area contributed by atoms with Gasteiger partial charge in [0.05, 0.1) is 44.8 Å². The lowest BCUT2D eigenvalue weighted by atomic mass is 9.97. The Morgan fingerprint density at radius 2 is 1.55 bits per heavy atom. The third kappa shape index (κ3) is 3.54. The van der Waals surface area contributed by atoms with Crippen LogP contribution in [0.15, 0.2) is 48.7 Å². The van der Waals surface area contributed by atoms with Crippen molar-refractivity contribution in [1.82, 2.24) is 4.98 Å². The van der Waals surface area contributed by atoms with E-state index in [0.29, 0.717) is 5.69 Å². The smallest absolute Gasteiger partial charge is 0.338 e. The van der Waals surface area contributed by atoms with Crippen LogP contribution in [-0.2, 0) is 4.74 Å². The van der Waals surface area contributed by atoms with Crippen LogP contribution in [-0.4, -0.2) is 32.8 Å². The molecule has 0 unspecified atom stereocenters. The van der Waals surface area contributed by atoms with Gasteiger partial charge in [-0.05, 0) is 29.3 Å². The Labute approximate surface area is 184 Å². The van der Waals surface area contributed by atoms with Crippen LogP contribution in [0.25, 0.3) is 22.8 Å². The van der Waals surface area contributed by atoms with Crippen molar-refractivity contribution in [1.29, 1.82) is 0 Å². The second kappa shape index (κ2) is 7.92. The third-order valence-corrected chi connectivity index (χ3v) is 5.06. The number of benzene rings is 2. The summed E-state index contributed by atoms with van der Waals surface area (Å²) < 4.78 is 4.76. The molecule has 0 saturated heterocycles. The van der Waals surface area contributed by atoms with Gasteiger partial charge in [0.15, 0.2) is 0 Å². The molecule has 33 heavy (non-hydrogen) atoms. The fraction of sp³-hybridized carbons (Fsp3) is 0.0476. The molecule has 0 fully saturated rings. The number of non-ortho nitro benzene ring substituents is 2. The maximum atomic E-state index is 12.5. The molecule has 0 atom stereocenters. The van der Waals surface area contributed by atoms with Gasteiger partial charge >= 0.3 is 5.97 Å². The summed E-state index contributed by atoms with van der Waals surface area (Å²) in [5.74, 6) is -0.951. The first kappa shape index (κ1) is 21.2. The normalized spacial score (nSPS) is 12.7. The van der Waals surface area contributed by atoms with Gasteiger partial charge in [0.25, 0.3) is 17.1 Å². The molecule has 1 aromatic heterocycles. The molecule has 164 valence electrons. The Morgan fingerprint density at radius 1 is 0.909 bits per heavy atom. The Balaban J connectivity index is 2.19. The Hall–Kier alpha value is -5.00. The summed E-state index contributed by atoms with van der Waals surface area (Å²) >= 11 is 0. The summed E-state index contributed by atoms with van der Waals surface area (Å²) in [5, 5.41) is 34.9. The zero-order valence-corrected chi connectivity index (χ0v) is 16.8. The maximum Gasteiger partial charge on any atom is 0.338 e. The number of esters is 1. The van der Waals surface area contributed by atoms with E-state index < -0.39 is 37.8 Å². The molecule has 4 rings (SSSR count). The van der Waals surface area contributed by atoms with Crippen molar-refractivity contribution in [2.45, 2.75) is 0 Å². The fourth-order valence-corrected chi connectivity index (χ4v) is 3.73. The number of carbonyl (C=O) groups is 1. The zero-order valence-electron chi connectivity index (χ0n) is 16.8. The van der Waals surface area contributed by atoms with Gasteiger partial charge in [0, 0.05) is 35.5 Å². The highest BCUT2D eigenvalue weighted by Gasteiger charge is 2.38. The summed E-state index contributed by atoms with van der Waals surface area (Å²) in [6, 6.07) is 9.00. The molecule has 0 amide bonds. The molecule has 0 bridgehead atoms. The summed E-state index contributed by atoms with van der Waals surface area (Å²) in [6.07, 6.45) is 2.98. The average molecular weight is 448 g/mol.